The fourth-order valence-corrected chi connectivity index (χ4v) is 2.72. The lowest BCUT2D eigenvalue weighted by Crippen LogP contribution is -2.20. The van der Waals surface area contributed by atoms with Crippen LogP contribution in [-0.2, 0) is 6.42 Å². The Morgan fingerprint density at radius 1 is 1.10 bits per heavy atom. The first-order valence-corrected chi connectivity index (χ1v) is 7.18. The molecule has 0 aliphatic heterocycles. The van der Waals surface area contributed by atoms with Crippen molar-refractivity contribution in [2.24, 2.45) is 0 Å². The summed E-state index contributed by atoms with van der Waals surface area (Å²) in [6, 6.07) is 7.51. The third kappa shape index (κ3) is 3.42. The monoisotopic (exact) mass is 309 g/mol. The molecule has 0 radical (unpaired) electrons. The molecule has 0 saturated carbocycles. The lowest BCUT2D eigenvalue weighted by molar-refractivity contribution is 0.515. The number of rotatable bonds is 4. The molecule has 0 fully saturated rings. The maximum absolute atomic E-state index is 13.8. The van der Waals surface area contributed by atoms with Gasteiger partial charge >= 0.3 is 0 Å². The SMILES string of the molecule is CNC(Cc1c(F)cccc1F)c1cc(C)c(C)cc1Cl. The van der Waals surface area contributed by atoms with Gasteiger partial charge in [-0.25, -0.2) is 8.78 Å². The molecule has 1 nitrogen and oxygen atoms in total. The van der Waals surface area contributed by atoms with Crippen molar-refractivity contribution in [1.29, 1.82) is 0 Å². The van der Waals surface area contributed by atoms with Crippen LogP contribution in [0, 0.1) is 25.5 Å². The zero-order chi connectivity index (χ0) is 15.6. The average molecular weight is 310 g/mol. The molecule has 0 aliphatic carbocycles. The van der Waals surface area contributed by atoms with E-state index in [4.69, 9.17) is 11.6 Å². The van der Waals surface area contributed by atoms with Crippen LogP contribution in [0.5, 0.6) is 0 Å². The molecule has 0 spiro atoms. The third-order valence-electron chi connectivity index (χ3n) is 3.81. The first kappa shape index (κ1) is 15.9. The fourth-order valence-electron chi connectivity index (χ4n) is 2.37. The van der Waals surface area contributed by atoms with Gasteiger partial charge in [0.2, 0.25) is 0 Å². The summed E-state index contributed by atoms with van der Waals surface area (Å²) in [4.78, 5) is 0. The van der Waals surface area contributed by atoms with Crippen molar-refractivity contribution in [2.45, 2.75) is 26.3 Å². The predicted octanol–water partition coefficient (Wildman–Crippen LogP) is 4.74. The minimum absolute atomic E-state index is 0.0751. The van der Waals surface area contributed by atoms with Gasteiger partial charge in [0.25, 0.3) is 0 Å². The van der Waals surface area contributed by atoms with E-state index in [-0.39, 0.29) is 18.0 Å². The normalized spacial score (nSPS) is 12.5. The Kier molecular flexibility index (Phi) is 4.96. The van der Waals surface area contributed by atoms with Crippen molar-refractivity contribution in [3.63, 3.8) is 0 Å². The number of benzene rings is 2. The molecule has 2 aromatic rings. The molecule has 0 amide bonds. The Morgan fingerprint density at radius 2 is 1.67 bits per heavy atom. The van der Waals surface area contributed by atoms with E-state index in [1.165, 1.54) is 18.2 Å². The number of hydrogen-bond donors (Lipinski definition) is 1. The van der Waals surface area contributed by atoms with E-state index < -0.39 is 11.6 Å². The minimum atomic E-state index is -0.532. The fraction of sp³-hybridized carbons (Fsp3) is 0.294. The molecular weight excluding hydrogens is 292 g/mol. The maximum atomic E-state index is 13.8. The molecule has 0 aromatic heterocycles. The Labute approximate surface area is 128 Å². The largest absolute Gasteiger partial charge is 0.313 e. The second-order valence-electron chi connectivity index (χ2n) is 5.20. The van der Waals surface area contributed by atoms with Crippen LogP contribution in [0.25, 0.3) is 0 Å². The molecule has 1 atom stereocenters. The summed E-state index contributed by atoms with van der Waals surface area (Å²) in [6.45, 7) is 3.97. The molecule has 0 aliphatic rings. The quantitative estimate of drug-likeness (QED) is 0.860. The van der Waals surface area contributed by atoms with E-state index in [2.05, 4.69) is 5.32 Å². The second-order valence-corrected chi connectivity index (χ2v) is 5.61. The van der Waals surface area contributed by atoms with Crippen LogP contribution in [0.2, 0.25) is 5.02 Å². The summed E-state index contributed by atoms with van der Waals surface area (Å²) in [7, 11) is 1.76. The van der Waals surface area contributed by atoms with E-state index in [1.54, 1.807) is 7.05 Å². The molecule has 112 valence electrons. The lowest BCUT2D eigenvalue weighted by atomic mass is 9.95. The zero-order valence-electron chi connectivity index (χ0n) is 12.3. The van der Waals surface area contributed by atoms with Gasteiger partial charge in [0, 0.05) is 16.6 Å². The summed E-state index contributed by atoms with van der Waals surface area (Å²) in [5.74, 6) is -1.06. The number of hydrogen-bond acceptors (Lipinski definition) is 1. The number of aryl methyl sites for hydroxylation is 2. The highest BCUT2D eigenvalue weighted by Gasteiger charge is 2.19. The van der Waals surface area contributed by atoms with E-state index in [0.29, 0.717) is 5.02 Å². The first-order chi connectivity index (χ1) is 9.93. The predicted molar refractivity (Wildman–Crippen MR) is 82.8 cm³/mol. The van der Waals surface area contributed by atoms with Gasteiger partial charge < -0.3 is 5.32 Å². The van der Waals surface area contributed by atoms with Crippen LogP contribution in [0.1, 0.15) is 28.3 Å². The highest BCUT2D eigenvalue weighted by Crippen LogP contribution is 2.29. The Morgan fingerprint density at radius 3 is 2.24 bits per heavy atom. The van der Waals surface area contributed by atoms with Crippen molar-refractivity contribution >= 4 is 11.6 Å². The van der Waals surface area contributed by atoms with Crippen LogP contribution in [0.15, 0.2) is 30.3 Å². The lowest BCUT2D eigenvalue weighted by Gasteiger charge is -2.20. The summed E-state index contributed by atoms with van der Waals surface area (Å²) >= 11 is 6.29. The molecule has 0 saturated heterocycles. The Bertz CT molecular complexity index is 635. The van der Waals surface area contributed by atoms with Gasteiger partial charge in [0.15, 0.2) is 0 Å². The second kappa shape index (κ2) is 6.54. The van der Waals surface area contributed by atoms with E-state index in [0.717, 1.165) is 16.7 Å². The minimum Gasteiger partial charge on any atom is -0.313 e. The zero-order valence-corrected chi connectivity index (χ0v) is 13.1. The molecule has 0 heterocycles. The smallest absolute Gasteiger partial charge is 0.129 e. The summed E-state index contributed by atoms with van der Waals surface area (Å²) in [5, 5.41) is 3.70. The van der Waals surface area contributed by atoms with Gasteiger partial charge in [-0.2, -0.15) is 0 Å². The van der Waals surface area contributed by atoms with Crippen molar-refractivity contribution in [1.82, 2.24) is 5.32 Å². The Balaban J connectivity index is 2.39. The van der Waals surface area contributed by atoms with Crippen molar-refractivity contribution in [3.05, 3.63) is 69.2 Å². The molecule has 2 rings (SSSR count). The molecular formula is C17H18ClF2N. The van der Waals surface area contributed by atoms with Crippen molar-refractivity contribution in [2.75, 3.05) is 7.05 Å². The first-order valence-electron chi connectivity index (χ1n) is 6.80. The van der Waals surface area contributed by atoms with Gasteiger partial charge in [-0.3, -0.25) is 0 Å². The van der Waals surface area contributed by atoms with Crippen LogP contribution < -0.4 is 5.32 Å². The van der Waals surface area contributed by atoms with E-state index >= 15 is 0 Å². The Hall–Kier alpha value is -1.45. The van der Waals surface area contributed by atoms with Gasteiger partial charge in [0.1, 0.15) is 11.6 Å². The number of likely N-dealkylation sites (N-methyl/N-ethyl adjacent to an activating group) is 1. The van der Waals surface area contributed by atoms with Crippen molar-refractivity contribution < 1.29 is 8.78 Å². The molecule has 1 N–H and O–H groups in total. The van der Waals surface area contributed by atoms with Crippen LogP contribution in [0.3, 0.4) is 0 Å². The highest BCUT2D eigenvalue weighted by molar-refractivity contribution is 6.31. The van der Waals surface area contributed by atoms with Crippen LogP contribution in [-0.4, -0.2) is 7.05 Å². The average Bonchev–Trinajstić information content (AvgIpc) is 2.43. The topological polar surface area (TPSA) is 12.0 Å². The van der Waals surface area contributed by atoms with Crippen LogP contribution in [0.4, 0.5) is 8.78 Å². The molecule has 21 heavy (non-hydrogen) atoms. The van der Waals surface area contributed by atoms with E-state index in [9.17, 15) is 8.78 Å². The standard InChI is InChI=1S/C17H18ClF2N/c1-10-7-12(14(18)8-11(10)2)17(21-3)9-13-15(19)5-4-6-16(13)20/h4-8,17,21H,9H2,1-3H3. The van der Waals surface area contributed by atoms with Gasteiger partial charge in [-0.05, 0) is 62.2 Å². The van der Waals surface area contributed by atoms with Gasteiger partial charge in [0.05, 0.1) is 0 Å². The third-order valence-corrected chi connectivity index (χ3v) is 4.13. The van der Waals surface area contributed by atoms with E-state index in [1.807, 2.05) is 26.0 Å². The molecule has 0 bridgehead atoms. The molecule has 1 unspecified atom stereocenters. The van der Waals surface area contributed by atoms with Gasteiger partial charge in [-0.15, -0.1) is 0 Å². The number of halogens is 3. The summed E-state index contributed by atoms with van der Waals surface area (Å²) in [5.41, 5.74) is 3.12. The van der Waals surface area contributed by atoms with Crippen LogP contribution >= 0.6 is 11.6 Å². The molecule has 2 aromatic carbocycles. The summed E-state index contributed by atoms with van der Waals surface area (Å²) < 4.78 is 27.6. The van der Waals surface area contributed by atoms with Crippen molar-refractivity contribution in [3.8, 4) is 0 Å². The number of nitrogens with one attached hydrogen (secondary N) is 1. The molecule has 4 heteroatoms. The maximum Gasteiger partial charge on any atom is 0.129 e. The highest BCUT2D eigenvalue weighted by atomic mass is 35.5. The summed E-state index contributed by atoms with van der Waals surface area (Å²) in [6.07, 6.45) is 0.206. The van der Waals surface area contributed by atoms with Gasteiger partial charge in [-0.1, -0.05) is 23.7 Å².